The van der Waals surface area contributed by atoms with Gasteiger partial charge >= 0.3 is 5.97 Å². The topological polar surface area (TPSA) is 79.5 Å². The largest absolute Gasteiger partial charge is 0.497 e. The molecule has 0 atom stereocenters. The maximum Gasteiger partial charge on any atom is 0.307 e. The van der Waals surface area contributed by atoms with E-state index in [9.17, 15) is 4.79 Å². The van der Waals surface area contributed by atoms with Crippen molar-refractivity contribution >= 4 is 5.97 Å². The highest BCUT2D eigenvalue weighted by atomic mass is 16.5. The molecule has 0 unspecified atom stereocenters. The van der Waals surface area contributed by atoms with Crippen LogP contribution in [0.25, 0.3) is 0 Å². The van der Waals surface area contributed by atoms with Crippen LogP contribution >= 0.6 is 0 Å². The minimum atomic E-state index is -1.01. The molecule has 84 valence electrons. The highest BCUT2D eigenvalue weighted by molar-refractivity contribution is 5.72. The van der Waals surface area contributed by atoms with E-state index in [4.69, 9.17) is 19.8 Å². The second-order valence-electron chi connectivity index (χ2n) is 3.05. The number of rotatable bonds is 4. The number of carbonyl (C=O) groups is 1. The number of methoxy groups -OCH3 is 2. The Morgan fingerprint density at radius 1 is 1.44 bits per heavy atom. The molecule has 0 amide bonds. The number of aliphatic carboxylic acids is 1. The van der Waals surface area contributed by atoms with Crippen LogP contribution in [0.3, 0.4) is 0 Å². The molecule has 0 fully saturated rings. The van der Waals surface area contributed by atoms with Gasteiger partial charge in [0, 0.05) is 6.07 Å². The molecule has 0 aromatic heterocycles. The average Bonchev–Trinajstić information content (AvgIpc) is 2.27. The van der Waals surface area contributed by atoms with Crippen molar-refractivity contribution in [3.8, 4) is 17.6 Å². The summed E-state index contributed by atoms with van der Waals surface area (Å²) in [5.41, 5.74) is 0.608. The van der Waals surface area contributed by atoms with Gasteiger partial charge in [0.15, 0.2) is 0 Å². The van der Waals surface area contributed by atoms with E-state index >= 15 is 0 Å². The Morgan fingerprint density at radius 2 is 2.12 bits per heavy atom. The number of ether oxygens (including phenoxy) is 2. The number of carboxylic acid groups (broad SMARTS) is 1. The highest BCUT2D eigenvalue weighted by Gasteiger charge is 2.14. The lowest BCUT2D eigenvalue weighted by atomic mass is 10.0. The van der Waals surface area contributed by atoms with Crippen molar-refractivity contribution in [1.82, 2.24) is 0 Å². The molecule has 0 bridgehead atoms. The maximum atomic E-state index is 10.6. The summed E-state index contributed by atoms with van der Waals surface area (Å²) in [5, 5.41) is 17.7. The molecular weight excluding hydrogens is 210 g/mol. The normalized spacial score (nSPS) is 9.31. The summed E-state index contributed by atoms with van der Waals surface area (Å²) in [6, 6.07) is 5.00. The van der Waals surface area contributed by atoms with Gasteiger partial charge in [-0.2, -0.15) is 5.26 Å². The molecule has 1 rings (SSSR count). The third-order valence-corrected chi connectivity index (χ3v) is 2.07. The molecule has 0 heterocycles. The first-order chi connectivity index (χ1) is 7.62. The first kappa shape index (κ1) is 11.9. The fourth-order valence-electron chi connectivity index (χ4n) is 1.35. The average molecular weight is 221 g/mol. The lowest BCUT2D eigenvalue weighted by Crippen LogP contribution is -2.04. The lowest BCUT2D eigenvalue weighted by molar-refractivity contribution is -0.136. The Balaban J connectivity index is 3.32. The van der Waals surface area contributed by atoms with Crippen LogP contribution in [0.15, 0.2) is 12.1 Å². The van der Waals surface area contributed by atoms with Gasteiger partial charge in [-0.15, -0.1) is 0 Å². The zero-order valence-corrected chi connectivity index (χ0v) is 8.98. The second-order valence-corrected chi connectivity index (χ2v) is 3.05. The van der Waals surface area contributed by atoms with Gasteiger partial charge in [-0.3, -0.25) is 4.79 Å². The van der Waals surface area contributed by atoms with Crippen LogP contribution in [-0.2, 0) is 11.2 Å². The molecule has 0 aliphatic carbocycles. The fourth-order valence-corrected chi connectivity index (χ4v) is 1.35. The quantitative estimate of drug-likeness (QED) is 0.826. The molecule has 0 aliphatic rings. The summed E-state index contributed by atoms with van der Waals surface area (Å²) < 4.78 is 10.0. The first-order valence-electron chi connectivity index (χ1n) is 4.49. The third kappa shape index (κ3) is 2.42. The number of benzene rings is 1. The van der Waals surface area contributed by atoms with E-state index in [-0.39, 0.29) is 12.0 Å². The van der Waals surface area contributed by atoms with E-state index in [1.54, 1.807) is 6.07 Å². The highest BCUT2D eigenvalue weighted by Crippen LogP contribution is 2.28. The van der Waals surface area contributed by atoms with Crippen molar-refractivity contribution in [3.05, 3.63) is 23.3 Å². The van der Waals surface area contributed by atoms with Crippen LogP contribution in [-0.4, -0.2) is 25.3 Å². The molecule has 0 aliphatic heterocycles. The van der Waals surface area contributed by atoms with Crippen molar-refractivity contribution < 1.29 is 19.4 Å². The van der Waals surface area contributed by atoms with Crippen molar-refractivity contribution in [2.45, 2.75) is 6.42 Å². The third-order valence-electron chi connectivity index (χ3n) is 2.07. The smallest absolute Gasteiger partial charge is 0.307 e. The summed E-state index contributed by atoms with van der Waals surface area (Å²) in [7, 11) is 2.88. The molecule has 5 nitrogen and oxygen atoms in total. The fraction of sp³-hybridized carbons (Fsp3) is 0.273. The predicted molar refractivity (Wildman–Crippen MR) is 55.6 cm³/mol. The van der Waals surface area contributed by atoms with Gasteiger partial charge in [0.25, 0.3) is 0 Å². The number of hydrogen-bond acceptors (Lipinski definition) is 4. The standard InChI is InChI=1S/C11H11NO4/c1-15-8-3-7(4-11(13)14)9(6-12)10(5-8)16-2/h3,5H,4H2,1-2H3,(H,13,14). The molecule has 0 radical (unpaired) electrons. The van der Waals surface area contributed by atoms with Crippen LogP contribution in [0.1, 0.15) is 11.1 Å². The minimum Gasteiger partial charge on any atom is -0.497 e. The van der Waals surface area contributed by atoms with Gasteiger partial charge in [0.05, 0.1) is 26.2 Å². The zero-order valence-electron chi connectivity index (χ0n) is 8.98. The Kier molecular flexibility index (Phi) is 3.72. The number of hydrogen-bond donors (Lipinski definition) is 1. The van der Waals surface area contributed by atoms with E-state index in [2.05, 4.69) is 0 Å². The number of carboxylic acids is 1. The second kappa shape index (κ2) is 5.03. The van der Waals surface area contributed by atoms with Crippen LogP contribution in [0.4, 0.5) is 0 Å². The predicted octanol–water partition coefficient (Wildman–Crippen LogP) is 1.20. The Hall–Kier alpha value is -2.22. The van der Waals surface area contributed by atoms with E-state index in [0.717, 1.165) is 0 Å². The van der Waals surface area contributed by atoms with E-state index in [0.29, 0.717) is 17.1 Å². The summed E-state index contributed by atoms with van der Waals surface area (Å²) in [4.78, 5) is 10.6. The first-order valence-corrected chi connectivity index (χ1v) is 4.49. The zero-order chi connectivity index (χ0) is 12.1. The van der Waals surface area contributed by atoms with Crippen molar-refractivity contribution in [2.75, 3.05) is 14.2 Å². The molecule has 0 saturated heterocycles. The Morgan fingerprint density at radius 3 is 2.56 bits per heavy atom. The van der Waals surface area contributed by atoms with E-state index in [1.807, 2.05) is 6.07 Å². The molecule has 1 aromatic carbocycles. The molecule has 0 spiro atoms. The molecular formula is C11H11NO4. The molecule has 1 N–H and O–H groups in total. The van der Waals surface area contributed by atoms with Gasteiger partial charge < -0.3 is 14.6 Å². The van der Waals surface area contributed by atoms with Crippen LogP contribution < -0.4 is 9.47 Å². The van der Waals surface area contributed by atoms with Gasteiger partial charge in [0.2, 0.25) is 0 Å². The van der Waals surface area contributed by atoms with E-state index < -0.39 is 5.97 Å². The van der Waals surface area contributed by atoms with Crippen LogP contribution in [0.5, 0.6) is 11.5 Å². The van der Waals surface area contributed by atoms with Gasteiger partial charge in [-0.05, 0) is 11.6 Å². The monoisotopic (exact) mass is 221 g/mol. The van der Waals surface area contributed by atoms with E-state index in [1.165, 1.54) is 20.3 Å². The van der Waals surface area contributed by atoms with Gasteiger partial charge in [0.1, 0.15) is 17.6 Å². The summed E-state index contributed by atoms with van der Waals surface area (Å²) in [6.45, 7) is 0. The van der Waals surface area contributed by atoms with Crippen LogP contribution in [0.2, 0.25) is 0 Å². The van der Waals surface area contributed by atoms with Gasteiger partial charge in [-0.25, -0.2) is 0 Å². The SMILES string of the molecule is COc1cc(CC(=O)O)c(C#N)c(OC)c1. The summed E-state index contributed by atoms with van der Waals surface area (Å²) in [6.07, 6.45) is -0.240. The van der Waals surface area contributed by atoms with Gasteiger partial charge in [-0.1, -0.05) is 0 Å². The Labute approximate surface area is 92.8 Å². The molecule has 16 heavy (non-hydrogen) atoms. The van der Waals surface area contributed by atoms with Crippen molar-refractivity contribution in [1.29, 1.82) is 5.26 Å². The number of nitrogens with zero attached hydrogens (tertiary/aromatic N) is 1. The summed E-state index contributed by atoms with van der Waals surface area (Å²) >= 11 is 0. The van der Waals surface area contributed by atoms with Crippen molar-refractivity contribution in [3.63, 3.8) is 0 Å². The molecule has 1 aromatic rings. The summed E-state index contributed by atoms with van der Waals surface area (Å²) in [5.74, 6) is -0.225. The molecule has 0 saturated carbocycles. The lowest BCUT2D eigenvalue weighted by Gasteiger charge is -2.09. The molecule has 5 heteroatoms. The number of nitriles is 1. The van der Waals surface area contributed by atoms with Crippen LogP contribution in [0, 0.1) is 11.3 Å². The maximum absolute atomic E-state index is 10.6. The van der Waals surface area contributed by atoms with Crippen molar-refractivity contribution in [2.24, 2.45) is 0 Å². The minimum absolute atomic E-state index is 0.228. The Bertz CT molecular complexity index is 448.